The van der Waals surface area contributed by atoms with E-state index in [4.69, 9.17) is 16.3 Å². The Morgan fingerprint density at radius 2 is 1.74 bits per heavy atom. The van der Waals surface area contributed by atoms with Crippen molar-refractivity contribution in [3.8, 4) is 0 Å². The maximum Gasteiger partial charge on any atom is 0.325 e. The van der Waals surface area contributed by atoms with Crippen molar-refractivity contribution < 1.29 is 14.3 Å². The van der Waals surface area contributed by atoms with Gasteiger partial charge in [0.2, 0.25) is 0 Å². The molecule has 2 rings (SSSR count). The van der Waals surface area contributed by atoms with Gasteiger partial charge in [0.1, 0.15) is 13.2 Å². The average Bonchev–Trinajstić information content (AvgIpc) is 2.59. The van der Waals surface area contributed by atoms with E-state index >= 15 is 0 Å². The maximum atomic E-state index is 11.8. The maximum absolute atomic E-state index is 11.8. The first-order valence-electron chi connectivity index (χ1n) is 6.91. The van der Waals surface area contributed by atoms with E-state index in [1.165, 1.54) is 0 Å². The summed E-state index contributed by atoms with van der Waals surface area (Å²) in [6.45, 7) is 0.00860. The number of rotatable bonds is 6. The van der Waals surface area contributed by atoms with Crippen molar-refractivity contribution in [2.75, 3.05) is 12.8 Å². The standard InChI is InChI=1S/C17H16ClNO3S/c1-23-15-8-2-12(3-9-15)11-22-16(20)10-19-17(21)13-4-6-14(18)7-5-13/h2-9H,10-11H2,1H3,(H,19,21). The van der Waals surface area contributed by atoms with E-state index in [1.54, 1.807) is 36.0 Å². The molecule has 0 aliphatic carbocycles. The molecular weight excluding hydrogens is 334 g/mol. The van der Waals surface area contributed by atoms with Gasteiger partial charge >= 0.3 is 5.97 Å². The Balaban J connectivity index is 1.76. The number of ether oxygens (including phenoxy) is 1. The number of amides is 1. The molecule has 0 atom stereocenters. The zero-order chi connectivity index (χ0) is 16.7. The third-order valence-corrected chi connectivity index (χ3v) is 4.05. The van der Waals surface area contributed by atoms with Crippen molar-refractivity contribution in [3.63, 3.8) is 0 Å². The van der Waals surface area contributed by atoms with Crippen molar-refractivity contribution in [2.24, 2.45) is 0 Å². The van der Waals surface area contributed by atoms with Crippen molar-refractivity contribution in [1.82, 2.24) is 5.32 Å². The predicted molar refractivity (Wildman–Crippen MR) is 91.8 cm³/mol. The summed E-state index contributed by atoms with van der Waals surface area (Å²) in [5.74, 6) is -0.829. The van der Waals surface area contributed by atoms with Crippen LogP contribution in [0, 0.1) is 0 Å². The molecule has 23 heavy (non-hydrogen) atoms. The lowest BCUT2D eigenvalue weighted by molar-refractivity contribution is -0.143. The number of esters is 1. The molecule has 6 heteroatoms. The minimum Gasteiger partial charge on any atom is -0.460 e. The highest BCUT2D eigenvalue weighted by molar-refractivity contribution is 7.98. The number of nitrogens with one attached hydrogen (secondary N) is 1. The molecule has 0 aliphatic heterocycles. The molecule has 0 aromatic heterocycles. The summed E-state index contributed by atoms with van der Waals surface area (Å²) in [4.78, 5) is 24.7. The minimum atomic E-state index is -0.485. The Kier molecular flexibility index (Phi) is 6.50. The molecule has 0 aliphatic rings. The van der Waals surface area contributed by atoms with Crippen LogP contribution >= 0.6 is 23.4 Å². The molecule has 0 fully saturated rings. The Bertz CT molecular complexity index is 671. The van der Waals surface area contributed by atoms with E-state index in [-0.39, 0.29) is 19.1 Å². The Labute approximate surface area is 144 Å². The molecule has 0 radical (unpaired) electrons. The molecule has 2 aromatic carbocycles. The molecule has 0 bridgehead atoms. The molecule has 0 saturated carbocycles. The lowest BCUT2D eigenvalue weighted by Crippen LogP contribution is -2.30. The zero-order valence-corrected chi connectivity index (χ0v) is 14.1. The van der Waals surface area contributed by atoms with Crippen LogP contribution in [0.25, 0.3) is 0 Å². The van der Waals surface area contributed by atoms with Crippen molar-refractivity contribution >= 4 is 35.2 Å². The fourth-order valence-electron chi connectivity index (χ4n) is 1.79. The normalized spacial score (nSPS) is 10.2. The van der Waals surface area contributed by atoms with Gasteiger partial charge in [-0.25, -0.2) is 0 Å². The number of thioether (sulfide) groups is 1. The fraction of sp³-hybridized carbons (Fsp3) is 0.176. The van der Waals surface area contributed by atoms with Gasteiger partial charge in [0.25, 0.3) is 5.91 Å². The van der Waals surface area contributed by atoms with E-state index in [0.29, 0.717) is 10.6 Å². The van der Waals surface area contributed by atoms with Gasteiger partial charge in [0, 0.05) is 15.5 Å². The number of hydrogen-bond acceptors (Lipinski definition) is 4. The van der Waals surface area contributed by atoms with Gasteiger partial charge in [0.05, 0.1) is 0 Å². The molecule has 4 nitrogen and oxygen atoms in total. The number of carbonyl (C=O) groups excluding carboxylic acids is 2. The first-order chi connectivity index (χ1) is 11.1. The summed E-state index contributed by atoms with van der Waals surface area (Å²) in [5, 5.41) is 3.06. The van der Waals surface area contributed by atoms with Crippen LogP contribution in [-0.4, -0.2) is 24.7 Å². The second-order valence-electron chi connectivity index (χ2n) is 4.70. The highest BCUT2D eigenvalue weighted by Gasteiger charge is 2.09. The number of benzene rings is 2. The van der Waals surface area contributed by atoms with Gasteiger partial charge in [-0.2, -0.15) is 0 Å². The molecule has 0 saturated heterocycles. The molecule has 1 N–H and O–H groups in total. The Morgan fingerprint density at radius 3 is 2.35 bits per heavy atom. The molecule has 120 valence electrons. The fourth-order valence-corrected chi connectivity index (χ4v) is 2.33. The summed E-state index contributed by atoms with van der Waals surface area (Å²) < 4.78 is 5.13. The van der Waals surface area contributed by atoms with E-state index in [0.717, 1.165) is 10.5 Å². The van der Waals surface area contributed by atoms with Gasteiger partial charge in [-0.15, -0.1) is 11.8 Å². The van der Waals surface area contributed by atoms with Gasteiger partial charge in [-0.1, -0.05) is 23.7 Å². The van der Waals surface area contributed by atoms with Crippen molar-refractivity contribution in [2.45, 2.75) is 11.5 Å². The summed E-state index contributed by atoms with van der Waals surface area (Å²) in [6, 6.07) is 14.2. The van der Waals surface area contributed by atoms with Gasteiger partial charge in [-0.05, 0) is 48.2 Å². The summed E-state index contributed by atoms with van der Waals surface area (Å²) >= 11 is 7.40. The van der Waals surface area contributed by atoms with Crippen LogP contribution < -0.4 is 5.32 Å². The van der Waals surface area contributed by atoms with Crippen LogP contribution in [0.1, 0.15) is 15.9 Å². The van der Waals surface area contributed by atoms with E-state index in [2.05, 4.69) is 5.32 Å². The SMILES string of the molecule is CSc1ccc(COC(=O)CNC(=O)c2ccc(Cl)cc2)cc1. The lowest BCUT2D eigenvalue weighted by atomic mass is 10.2. The van der Waals surface area contributed by atoms with Gasteiger partial charge in [-0.3, -0.25) is 9.59 Å². The quantitative estimate of drug-likeness (QED) is 0.640. The Morgan fingerprint density at radius 1 is 1.09 bits per heavy atom. The molecular formula is C17H16ClNO3S. The molecule has 0 unspecified atom stereocenters. The van der Waals surface area contributed by atoms with Crippen LogP contribution in [0.5, 0.6) is 0 Å². The largest absolute Gasteiger partial charge is 0.460 e. The third kappa shape index (κ3) is 5.62. The van der Waals surface area contributed by atoms with Crippen LogP contribution in [0.3, 0.4) is 0 Å². The van der Waals surface area contributed by atoms with Crippen molar-refractivity contribution in [1.29, 1.82) is 0 Å². The first kappa shape index (κ1) is 17.4. The number of carbonyl (C=O) groups is 2. The van der Waals surface area contributed by atoms with Gasteiger partial charge < -0.3 is 10.1 Å². The first-order valence-corrected chi connectivity index (χ1v) is 8.51. The third-order valence-electron chi connectivity index (χ3n) is 3.06. The van der Waals surface area contributed by atoms with Crippen molar-refractivity contribution in [3.05, 3.63) is 64.7 Å². The number of halogens is 1. The highest BCUT2D eigenvalue weighted by Crippen LogP contribution is 2.15. The minimum absolute atomic E-state index is 0.176. The topological polar surface area (TPSA) is 55.4 Å². The Hall–Kier alpha value is -1.98. The zero-order valence-electron chi connectivity index (χ0n) is 12.5. The second-order valence-corrected chi connectivity index (χ2v) is 6.01. The average molecular weight is 350 g/mol. The summed E-state index contributed by atoms with van der Waals surface area (Å²) in [6.07, 6.45) is 2.00. The highest BCUT2D eigenvalue weighted by atomic mass is 35.5. The van der Waals surface area contributed by atoms with Crippen LogP contribution in [0.15, 0.2) is 53.4 Å². The monoisotopic (exact) mass is 349 g/mol. The van der Waals surface area contributed by atoms with E-state index < -0.39 is 5.97 Å². The van der Waals surface area contributed by atoms with Crippen LogP contribution in [0.4, 0.5) is 0 Å². The smallest absolute Gasteiger partial charge is 0.325 e. The number of hydrogen-bond donors (Lipinski definition) is 1. The van der Waals surface area contributed by atoms with E-state index in [9.17, 15) is 9.59 Å². The summed E-state index contributed by atoms with van der Waals surface area (Å²) in [7, 11) is 0. The molecule has 2 aromatic rings. The van der Waals surface area contributed by atoms with E-state index in [1.807, 2.05) is 30.5 Å². The van der Waals surface area contributed by atoms with Crippen LogP contribution in [0.2, 0.25) is 5.02 Å². The predicted octanol–water partition coefficient (Wildman–Crippen LogP) is 3.54. The second kappa shape index (κ2) is 8.60. The van der Waals surface area contributed by atoms with Crippen LogP contribution in [-0.2, 0) is 16.1 Å². The molecule has 1 amide bonds. The summed E-state index contributed by atoms with van der Waals surface area (Å²) in [5.41, 5.74) is 1.34. The molecule has 0 heterocycles. The molecule has 0 spiro atoms. The lowest BCUT2D eigenvalue weighted by Gasteiger charge is -2.07. The van der Waals surface area contributed by atoms with Gasteiger partial charge in [0.15, 0.2) is 0 Å².